The van der Waals surface area contributed by atoms with Crippen molar-refractivity contribution in [3.63, 3.8) is 0 Å². The van der Waals surface area contributed by atoms with Gasteiger partial charge in [-0.2, -0.15) is 11.8 Å². The van der Waals surface area contributed by atoms with E-state index in [0.29, 0.717) is 54.7 Å². The van der Waals surface area contributed by atoms with Crippen molar-refractivity contribution in [1.82, 2.24) is 31.9 Å². The van der Waals surface area contributed by atoms with E-state index in [0.717, 1.165) is 31.3 Å². The quantitative estimate of drug-likeness (QED) is 0.0130. The molecule has 0 unspecified atom stereocenters. The highest BCUT2D eigenvalue weighted by Crippen LogP contribution is 2.33. The molecule has 23 heteroatoms. The maximum absolute atomic E-state index is 14.6. The number of thioether (sulfide) groups is 1. The van der Waals surface area contributed by atoms with Crippen molar-refractivity contribution in [2.75, 3.05) is 37.4 Å². The summed E-state index contributed by atoms with van der Waals surface area (Å²) in [5, 5.41) is 18.8. The van der Waals surface area contributed by atoms with Crippen LogP contribution >= 0.6 is 22.6 Å². The van der Waals surface area contributed by atoms with Gasteiger partial charge in [-0.3, -0.25) is 19.2 Å². The number of hydrogen-bond acceptors (Lipinski definition) is 10. The molecular weight excluding hydrogens is 795 g/mol. The van der Waals surface area contributed by atoms with Crippen molar-refractivity contribution in [3.05, 3.63) is 39.3 Å². The summed E-state index contributed by atoms with van der Waals surface area (Å²) in [7, 11) is -2.88. The molecule has 0 aromatic heterocycles. The predicted octanol–water partition coefficient (Wildman–Crippen LogP) is 3.78. The van der Waals surface area contributed by atoms with E-state index in [2.05, 4.69) is 36.6 Å². The van der Waals surface area contributed by atoms with Crippen molar-refractivity contribution in [3.8, 4) is 0 Å². The molecule has 6 N–H and O–H groups in total. The second kappa shape index (κ2) is 22.6. The second-order valence-electron chi connectivity index (χ2n) is 12.9. The molecule has 306 valence electrons. The number of hydrogen-bond donors (Lipinski definition) is 6. The molecule has 2 saturated heterocycles. The van der Waals surface area contributed by atoms with Crippen LogP contribution in [0, 0.1) is 23.3 Å². The van der Waals surface area contributed by atoms with Crippen LogP contribution in [-0.4, -0.2) is 98.8 Å². The van der Waals surface area contributed by atoms with E-state index >= 15 is 0 Å². The zero-order valence-corrected chi connectivity index (χ0v) is 32.5. The first-order valence-electron chi connectivity index (χ1n) is 17.7. The Morgan fingerprint density at radius 1 is 0.891 bits per heavy atom. The van der Waals surface area contributed by atoms with E-state index in [1.54, 1.807) is 0 Å². The van der Waals surface area contributed by atoms with Crippen LogP contribution in [0.1, 0.15) is 81.0 Å². The van der Waals surface area contributed by atoms with E-state index in [4.69, 9.17) is 5.53 Å². The number of halogens is 4. The van der Waals surface area contributed by atoms with Gasteiger partial charge >= 0.3 is 6.03 Å². The van der Waals surface area contributed by atoms with Crippen LogP contribution in [-0.2, 0) is 23.3 Å². The van der Waals surface area contributed by atoms with Gasteiger partial charge in [0.15, 0.2) is 32.1 Å². The molecule has 2 heterocycles. The Kier molecular flexibility index (Phi) is 18.6. The average molecular weight is 840 g/mol. The molecule has 2 aliphatic heterocycles. The van der Waals surface area contributed by atoms with Gasteiger partial charge in [-0.25, -0.2) is 30.8 Å². The van der Waals surface area contributed by atoms with Crippen LogP contribution < -0.4 is 31.9 Å². The number of carbonyl (C=O) groups is 5. The number of urea groups is 1. The van der Waals surface area contributed by atoms with Gasteiger partial charge in [-0.15, -0.1) is 0 Å². The first-order chi connectivity index (χ1) is 26.1. The van der Waals surface area contributed by atoms with Crippen molar-refractivity contribution in [1.29, 1.82) is 0 Å². The normalized spacial score (nSPS) is 18.0. The summed E-state index contributed by atoms with van der Waals surface area (Å²) in [5.74, 6) is -10.5. The lowest BCUT2D eigenvalue weighted by Crippen LogP contribution is -2.47. The summed E-state index contributed by atoms with van der Waals surface area (Å²) in [6.07, 6.45) is 6.55. The standard InChI is InChI=1S/C32H45F4N9O7S3/c1-55(51,52)54-16-15-40-30(48)18(41-31(49)23-24(33)26(35)29(44-45-37)27(36)25(23)34)9-6-8-14-39-21(46)11-3-2-7-13-38-22(47)12-5-4-10-20-28-19(17-53-20)42-32(50)43-28/h18-20,28H,2-17H2,1H3,(H,38,47)(H,39,46)(H,40,48)(H,41,49)(H2,42,43,50)/t18-,19-,20-,28-/m1/s1. The van der Waals surface area contributed by atoms with Crippen molar-refractivity contribution >= 4 is 66.8 Å². The Hall–Kier alpha value is -3.95. The van der Waals surface area contributed by atoms with E-state index in [1.165, 1.54) is 0 Å². The second-order valence-corrected chi connectivity index (χ2v) is 18.7. The minimum Gasteiger partial charge on any atom is -0.356 e. The van der Waals surface area contributed by atoms with Crippen LogP contribution in [0.15, 0.2) is 5.11 Å². The number of nitrogens with zero attached hydrogens (tertiary/aromatic N) is 3. The lowest BCUT2D eigenvalue weighted by atomic mass is 10.0. The minimum absolute atomic E-state index is 0.0289. The largest absolute Gasteiger partial charge is 0.356 e. The van der Waals surface area contributed by atoms with Gasteiger partial charge in [-0.05, 0) is 61.3 Å². The molecule has 3 rings (SSSR count). The highest BCUT2D eigenvalue weighted by Gasteiger charge is 2.42. The molecule has 4 atom stereocenters. The smallest absolute Gasteiger partial charge is 0.315 e. The predicted molar refractivity (Wildman–Crippen MR) is 199 cm³/mol. The maximum atomic E-state index is 14.6. The number of carbonyl (C=O) groups excluding carboxylic acids is 5. The van der Waals surface area contributed by atoms with Crippen molar-refractivity contribution in [2.45, 2.75) is 94.0 Å². The van der Waals surface area contributed by atoms with Gasteiger partial charge in [0.1, 0.15) is 17.3 Å². The Labute approximate surface area is 323 Å². The van der Waals surface area contributed by atoms with E-state index in [-0.39, 0.29) is 68.0 Å². The number of benzene rings is 1. The number of nitrogens with one attached hydrogen (secondary N) is 6. The molecule has 55 heavy (non-hydrogen) atoms. The Balaban J connectivity index is 1.34. The van der Waals surface area contributed by atoms with Crippen LogP contribution in [0.2, 0.25) is 0 Å². The zero-order chi connectivity index (χ0) is 40.5. The molecule has 0 aliphatic carbocycles. The van der Waals surface area contributed by atoms with Gasteiger partial charge in [0, 0.05) is 60.4 Å². The summed E-state index contributed by atoms with van der Waals surface area (Å²) < 4.78 is 80.4. The fourth-order valence-corrected chi connectivity index (χ4v) is 9.10. The van der Waals surface area contributed by atoms with Gasteiger partial charge in [0.25, 0.3) is 5.91 Å². The summed E-state index contributed by atoms with van der Waals surface area (Å²) in [4.78, 5) is 63.6. The summed E-state index contributed by atoms with van der Waals surface area (Å²) in [6, 6.07) is -1.26. The maximum Gasteiger partial charge on any atom is 0.315 e. The molecule has 0 radical (unpaired) electrons. The molecule has 1 aromatic carbocycles. The molecule has 6 amide bonds. The first kappa shape index (κ1) is 45.4. The van der Waals surface area contributed by atoms with Gasteiger partial charge in [0.05, 0.1) is 12.1 Å². The number of rotatable bonds is 24. The third kappa shape index (κ3) is 14.9. The van der Waals surface area contributed by atoms with Gasteiger partial charge in [-0.1, -0.05) is 18.0 Å². The van der Waals surface area contributed by atoms with Crippen LogP contribution in [0.5, 0.6) is 0 Å². The molecule has 0 spiro atoms. The molecular formula is C32H45F4N9O7S3. The molecule has 2 aliphatic rings. The lowest BCUT2D eigenvalue weighted by molar-refractivity contribution is -0.123. The Morgan fingerprint density at radius 2 is 1.51 bits per heavy atom. The van der Waals surface area contributed by atoms with Crippen LogP contribution in [0.3, 0.4) is 0 Å². The summed E-state index contributed by atoms with van der Waals surface area (Å²) >= 11 is 1.84. The van der Waals surface area contributed by atoms with Crippen LogP contribution in [0.4, 0.5) is 28.0 Å². The third-order valence-corrected chi connectivity index (χ3v) is 12.7. The van der Waals surface area contributed by atoms with Gasteiger partial charge < -0.3 is 31.9 Å². The topological polar surface area (TPSA) is 240 Å². The fourth-order valence-electron chi connectivity index (χ4n) is 5.91. The SMILES string of the molecule is CS(=O)(=O)SCCNC(=O)[C@@H](CCCCNC(=O)CCCCCNC(=O)CCCC[C@H]1SC[C@H]2NC(=O)N[C@H]21)NC(=O)c1c(F)c(F)c(N=[N+]=[N-])c(F)c1F. The van der Waals surface area contributed by atoms with E-state index < -0.39 is 61.2 Å². The molecule has 0 saturated carbocycles. The first-order valence-corrected chi connectivity index (χ1v) is 22.1. The summed E-state index contributed by atoms with van der Waals surface area (Å²) in [6.45, 7) is 0.516. The molecule has 1 aromatic rings. The molecule has 2 fully saturated rings. The van der Waals surface area contributed by atoms with E-state index in [9.17, 15) is 50.0 Å². The number of fused-ring (bicyclic) bond motifs is 1. The van der Waals surface area contributed by atoms with Crippen LogP contribution in [0.25, 0.3) is 10.4 Å². The third-order valence-electron chi connectivity index (χ3n) is 8.66. The molecule has 16 nitrogen and oxygen atoms in total. The van der Waals surface area contributed by atoms with Crippen molar-refractivity contribution < 1.29 is 50.0 Å². The van der Waals surface area contributed by atoms with E-state index in [1.807, 2.05) is 17.1 Å². The highest BCUT2D eigenvalue weighted by molar-refractivity contribution is 8.71. The van der Waals surface area contributed by atoms with Gasteiger partial charge in [0.2, 0.25) is 17.7 Å². The van der Waals surface area contributed by atoms with Crippen molar-refractivity contribution in [2.24, 2.45) is 5.11 Å². The zero-order valence-electron chi connectivity index (χ0n) is 30.1. The average Bonchev–Trinajstić information content (AvgIpc) is 3.68. The molecule has 0 bridgehead atoms. The number of azide groups is 1. The number of unbranched alkanes of at least 4 members (excludes halogenated alkanes) is 4. The number of amides is 6. The highest BCUT2D eigenvalue weighted by atomic mass is 33.1. The fraction of sp³-hybridized carbons (Fsp3) is 0.656. The monoisotopic (exact) mass is 839 g/mol. The Bertz CT molecular complexity index is 1690. The minimum atomic E-state index is -3.42. The Morgan fingerprint density at radius 3 is 2.13 bits per heavy atom. The lowest BCUT2D eigenvalue weighted by Gasteiger charge is -2.19. The summed E-state index contributed by atoms with van der Waals surface area (Å²) in [5.41, 5.74) is 5.12.